The molecule has 0 saturated carbocycles. The molecule has 0 fully saturated rings. The third-order valence-corrected chi connectivity index (χ3v) is 4.82. The highest BCUT2D eigenvalue weighted by Gasteiger charge is 2.17. The first-order valence-electron chi connectivity index (χ1n) is 7.70. The molecule has 0 saturated heterocycles. The van der Waals surface area contributed by atoms with E-state index in [0.717, 1.165) is 4.47 Å². The van der Waals surface area contributed by atoms with E-state index in [1.165, 1.54) is 5.56 Å². The molecule has 0 aliphatic rings. The summed E-state index contributed by atoms with van der Waals surface area (Å²) in [6.07, 6.45) is -0.618. The predicted octanol–water partition coefficient (Wildman–Crippen LogP) is 5.81. The van der Waals surface area contributed by atoms with Crippen molar-refractivity contribution in [2.45, 2.75) is 39.2 Å². The molecule has 0 unspecified atom stereocenters. The van der Waals surface area contributed by atoms with Gasteiger partial charge in [-0.1, -0.05) is 44.5 Å². The van der Waals surface area contributed by atoms with E-state index in [2.05, 4.69) is 42.0 Å². The first-order valence-corrected chi connectivity index (χ1v) is 8.87. The topological polar surface area (TPSA) is 38.3 Å². The number of carbonyl (C=O) groups is 1. The number of hydrogen-bond acceptors (Lipinski definition) is 2. The third kappa shape index (κ3) is 4.99. The van der Waals surface area contributed by atoms with Gasteiger partial charge in [0.05, 0.1) is 5.02 Å². The second kappa shape index (κ2) is 7.58. The number of anilines is 1. The van der Waals surface area contributed by atoms with Crippen molar-refractivity contribution in [2.24, 2.45) is 0 Å². The van der Waals surface area contributed by atoms with Crippen LogP contribution in [0.2, 0.25) is 5.02 Å². The molecule has 0 radical (unpaired) electrons. The Morgan fingerprint density at radius 2 is 1.79 bits per heavy atom. The van der Waals surface area contributed by atoms with Crippen LogP contribution in [-0.4, -0.2) is 12.0 Å². The number of rotatable bonds is 4. The highest BCUT2D eigenvalue weighted by atomic mass is 79.9. The van der Waals surface area contributed by atoms with Crippen LogP contribution in [0.1, 0.15) is 33.3 Å². The molecular formula is C19H21BrClNO2. The van der Waals surface area contributed by atoms with E-state index >= 15 is 0 Å². The molecule has 1 atom stereocenters. The highest BCUT2D eigenvalue weighted by molar-refractivity contribution is 9.10. The Morgan fingerprint density at radius 3 is 2.33 bits per heavy atom. The molecule has 0 heterocycles. The highest BCUT2D eigenvalue weighted by Crippen LogP contribution is 2.26. The molecule has 128 valence electrons. The molecule has 2 aromatic rings. The Kier molecular flexibility index (Phi) is 5.94. The summed E-state index contributed by atoms with van der Waals surface area (Å²) in [4.78, 5) is 12.2. The molecule has 5 heteroatoms. The van der Waals surface area contributed by atoms with E-state index in [9.17, 15) is 4.79 Å². The predicted molar refractivity (Wildman–Crippen MR) is 103 cm³/mol. The summed E-state index contributed by atoms with van der Waals surface area (Å²) in [5.41, 5.74) is 1.94. The van der Waals surface area contributed by atoms with Crippen molar-refractivity contribution in [1.82, 2.24) is 0 Å². The van der Waals surface area contributed by atoms with E-state index in [1.807, 2.05) is 24.3 Å². The van der Waals surface area contributed by atoms with E-state index in [4.69, 9.17) is 16.3 Å². The molecule has 24 heavy (non-hydrogen) atoms. The number of nitrogens with one attached hydrogen (secondary N) is 1. The van der Waals surface area contributed by atoms with Crippen LogP contribution in [0.15, 0.2) is 46.9 Å². The van der Waals surface area contributed by atoms with E-state index < -0.39 is 6.10 Å². The fourth-order valence-corrected chi connectivity index (χ4v) is 2.54. The molecule has 3 nitrogen and oxygen atoms in total. The lowest BCUT2D eigenvalue weighted by molar-refractivity contribution is -0.122. The van der Waals surface area contributed by atoms with Crippen LogP contribution in [-0.2, 0) is 10.2 Å². The number of carbonyl (C=O) groups excluding carboxylic acids is 1. The zero-order valence-electron chi connectivity index (χ0n) is 14.2. The van der Waals surface area contributed by atoms with Crippen LogP contribution in [0.25, 0.3) is 0 Å². The Bertz CT molecular complexity index is 723. The van der Waals surface area contributed by atoms with Gasteiger partial charge in [0.15, 0.2) is 6.10 Å². The lowest BCUT2D eigenvalue weighted by Crippen LogP contribution is -2.30. The van der Waals surface area contributed by atoms with Gasteiger partial charge in [-0.25, -0.2) is 0 Å². The monoisotopic (exact) mass is 409 g/mol. The van der Waals surface area contributed by atoms with Crippen LogP contribution in [0.3, 0.4) is 0 Å². The van der Waals surface area contributed by atoms with Gasteiger partial charge < -0.3 is 10.1 Å². The molecular weight excluding hydrogens is 390 g/mol. The minimum absolute atomic E-state index is 0.0857. The third-order valence-electron chi connectivity index (χ3n) is 3.59. The maximum absolute atomic E-state index is 12.2. The van der Waals surface area contributed by atoms with Crippen molar-refractivity contribution in [2.75, 3.05) is 5.32 Å². The summed E-state index contributed by atoms with van der Waals surface area (Å²) in [7, 11) is 0. The first-order chi connectivity index (χ1) is 11.2. The summed E-state index contributed by atoms with van der Waals surface area (Å²) in [6, 6.07) is 13.1. The van der Waals surface area contributed by atoms with Crippen molar-refractivity contribution in [3.63, 3.8) is 0 Å². The van der Waals surface area contributed by atoms with Gasteiger partial charge in [-0.2, -0.15) is 0 Å². The molecule has 1 N–H and O–H groups in total. The summed E-state index contributed by atoms with van der Waals surface area (Å²) < 4.78 is 6.50. The Morgan fingerprint density at radius 1 is 1.17 bits per heavy atom. The molecule has 0 aliphatic carbocycles. The lowest BCUT2D eigenvalue weighted by Gasteiger charge is -2.20. The maximum Gasteiger partial charge on any atom is 0.265 e. The zero-order valence-corrected chi connectivity index (χ0v) is 16.5. The Labute approximate surface area is 156 Å². The number of benzene rings is 2. The Hall–Kier alpha value is -1.52. The van der Waals surface area contributed by atoms with Crippen molar-refractivity contribution < 1.29 is 9.53 Å². The van der Waals surface area contributed by atoms with E-state index in [-0.39, 0.29) is 11.3 Å². The smallest absolute Gasteiger partial charge is 0.265 e. The standard InChI is InChI=1S/C19H21BrClNO2/c1-12(18(23)22-14-7-10-16(20)17(21)11-14)24-15-8-5-13(6-9-15)19(2,3)4/h5-12H,1-4H3,(H,22,23)/t12-/m0/s1. The fourth-order valence-electron chi connectivity index (χ4n) is 2.11. The first kappa shape index (κ1) is 18.8. The average molecular weight is 411 g/mol. The van der Waals surface area contributed by atoms with Crippen LogP contribution in [0.4, 0.5) is 5.69 Å². The largest absolute Gasteiger partial charge is 0.481 e. The van der Waals surface area contributed by atoms with Gasteiger partial charge in [0.2, 0.25) is 0 Å². The van der Waals surface area contributed by atoms with E-state index in [1.54, 1.807) is 25.1 Å². The van der Waals surface area contributed by atoms with Gasteiger partial charge in [-0.15, -0.1) is 0 Å². The van der Waals surface area contributed by atoms with E-state index in [0.29, 0.717) is 16.5 Å². The van der Waals surface area contributed by atoms with Gasteiger partial charge in [0.1, 0.15) is 5.75 Å². The summed E-state index contributed by atoms with van der Waals surface area (Å²) in [5.74, 6) is 0.438. The fraction of sp³-hybridized carbons (Fsp3) is 0.316. The quantitative estimate of drug-likeness (QED) is 0.691. The molecule has 0 spiro atoms. The number of halogens is 2. The number of ether oxygens (including phenoxy) is 1. The van der Waals surface area contributed by atoms with Crippen LogP contribution < -0.4 is 10.1 Å². The second-order valence-electron chi connectivity index (χ2n) is 6.65. The van der Waals surface area contributed by atoms with Gasteiger partial charge >= 0.3 is 0 Å². The van der Waals surface area contributed by atoms with Crippen molar-refractivity contribution >= 4 is 39.1 Å². The molecule has 2 rings (SSSR count). The van der Waals surface area contributed by atoms with Crippen molar-refractivity contribution in [3.8, 4) is 5.75 Å². The summed E-state index contributed by atoms with van der Waals surface area (Å²) in [5, 5.41) is 3.34. The average Bonchev–Trinajstić information content (AvgIpc) is 2.50. The second-order valence-corrected chi connectivity index (χ2v) is 7.91. The minimum Gasteiger partial charge on any atom is -0.481 e. The van der Waals surface area contributed by atoms with Crippen LogP contribution >= 0.6 is 27.5 Å². The molecule has 0 aromatic heterocycles. The zero-order chi connectivity index (χ0) is 17.9. The van der Waals surface area contributed by atoms with Crippen molar-refractivity contribution in [3.05, 3.63) is 57.5 Å². The van der Waals surface area contributed by atoms with Gasteiger partial charge in [0.25, 0.3) is 5.91 Å². The normalized spacial score (nSPS) is 12.6. The SMILES string of the molecule is C[C@H](Oc1ccc(C(C)(C)C)cc1)C(=O)Nc1ccc(Br)c(Cl)c1. The molecule has 0 bridgehead atoms. The summed E-state index contributed by atoms with van der Waals surface area (Å²) >= 11 is 9.35. The minimum atomic E-state index is -0.618. The molecule has 2 aromatic carbocycles. The number of amides is 1. The van der Waals surface area contributed by atoms with Crippen molar-refractivity contribution in [1.29, 1.82) is 0 Å². The number of hydrogen-bond donors (Lipinski definition) is 1. The maximum atomic E-state index is 12.2. The van der Waals surface area contributed by atoms with Gasteiger partial charge in [0, 0.05) is 10.2 Å². The van der Waals surface area contributed by atoms with Crippen LogP contribution in [0, 0.1) is 0 Å². The summed E-state index contributed by atoms with van der Waals surface area (Å²) in [6.45, 7) is 8.18. The molecule has 0 aliphatic heterocycles. The van der Waals surface area contributed by atoms with Crippen LogP contribution in [0.5, 0.6) is 5.75 Å². The lowest BCUT2D eigenvalue weighted by atomic mass is 9.87. The van der Waals surface area contributed by atoms with Gasteiger partial charge in [-0.3, -0.25) is 4.79 Å². The van der Waals surface area contributed by atoms with Gasteiger partial charge in [-0.05, 0) is 64.2 Å². The Balaban J connectivity index is 1.99. The molecule has 1 amide bonds.